The zero-order valence-corrected chi connectivity index (χ0v) is 18.3. The van der Waals surface area contributed by atoms with Gasteiger partial charge in [0.1, 0.15) is 10.6 Å². The van der Waals surface area contributed by atoms with Crippen molar-refractivity contribution in [3.8, 4) is 0 Å². The lowest BCUT2D eigenvalue weighted by molar-refractivity contribution is -0.117. The zero-order chi connectivity index (χ0) is 23.1. The third-order valence-electron chi connectivity index (χ3n) is 4.27. The minimum atomic E-state index is -4.65. The summed E-state index contributed by atoms with van der Waals surface area (Å²) in [6.07, 6.45) is 0. The summed E-state index contributed by atoms with van der Waals surface area (Å²) in [4.78, 5) is 11.8. The number of aryl methyl sites for hydroxylation is 1. The Labute approximate surface area is 182 Å². The Morgan fingerprint density at radius 3 is 2.19 bits per heavy atom. The fourth-order valence-corrected chi connectivity index (χ4v) is 4.03. The Morgan fingerprint density at radius 1 is 1.03 bits per heavy atom. The van der Waals surface area contributed by atoms with E-state index in [0.717, 1.165) is 23.2 Å². The van der Waals surface area contributed by atoms with Crippen molar-refractivity contribution in [2.75, 3.05) is 5.01 Å². The molecule has 11 nitrogen and oxygen atoms in total. The average molecular weight is 487 g/mol. The Morgan fingerprint density at radius 2 is 1.65 bits per heavy atom. The molecular formula is C17H15ClN4O7S2. The molecule has 0 bridgehead atoms. The standard InChI is InChI=1S/C17H15ClN4O7S2/c1-9-7-14(15(8-13(9)18)31(27,28)29)19-20-16-10(2)21-22(17(16)23)11-3-5-12(6-4-11)30(24,25)26/h3-8,16H,1-2H3,(H,24,25,26)(H,27,28,29)/t16-/m0/s1. The van der Waals surface area contributed by atoms with Crippen molar-refractivity contribution in [2.45, 2.75) is 29.7 Å². The van der Waals surface area contributed by atoms with Gasteiger partial charge in [0.2, 0.25) is 0 Å². The lowest BCUT2D eigenvalue weighted by Gasteiger charge is -2.12. The van der Waals surface area contributed by atoms with Crippen molar-refractivity contribution < 1.29 is 30.7 Å². The topological polar surface area (TPSA) is 166 Å². The molecule has 0 spiro atoms. The van der Waals surface area contributed by atoms with E-state index >= 15 is 0 Å². The molecule has 0 unspecified atom stereocenters. The Bertz CT molecular complexity index is 1340. The zero-order valence-electron chi connectivity index (χ0n) is 16.0. The molecule has 0 saturated heterocycles. The van der Waals surface area contributed by atoms with Crippen LogP contribution in [0, 0.1) is 6.92 Å². The number of amides is 1. The molecule has 0 fully saturated rings. The van der Waals surface area contributed by atoms with Crippen molar-refractivity contribution in [1.29, 1.82) is 0 Å². The minimum absolute atomic E-state index is 0.0979. The van der Waals surface area contributed by atoms with Gasteiger partial charge >= 0.3 is 0 Å². The van der Waals surface area contributed by atoms with Gasteiger partial charge in [0, 0.05) is 5.02 Å². The Hall–Kier alpha value is -2.71. The van der Waals surface area contributed by atoms with Gasteiger partial charge in [-0.25, -0.2) is 0 Å². The maximum atomic E-state index is 12.7. The van der Waals surface area contributed by atoms with Gasteiger partial charge in [0.05, 0.1) is 16.3 Å². The predicted octanol–water partition coefficient (Wildman–Crippen LogP) is 3.02. The van der Waals surface area contributed by atoms with E-state index in [9.17, 15) is 26.2 Å². The molecule has 3 rings (SSSR count). The molecular weight excluding hydrogens is 472 g/mol. The van der Waals surface area contributed by atoms with Crippen molar-refractivity contribution in [2.24, 2.45) is 15.3 Å². The molecule has 1 atom stereocenters. The fraction of sp³-hybridized carbons (Fsp3) is 0.176. The van der Waals surface area contributed by atoms with Gasteiger partial charge in [-0.1, -0.05) is 11.6 Å². The summed E-state index contributed by atoms with van der Waals surface area (Å²) >= 11 is 5.91. The summed E-state index contributed by atoms with van der Waals surface area (Å²) in [5, 5.41) is 12.8. The number of carbonyl (C=O) groups is 1. The number of azo groups is 1. The SMILES string of the molecule is CC1=NN(c2ccc(S(=O)(=O)O)cc2)C(=O)[C@H]1N=Nc1cc(C)c(Cl)cc1S(=O)(=O)O. The van der Waals surface area contributed by atoms with Crippen LogP contribution in [0.3, 0.4) is 0 Å². The van der Waals surface area contributed by atoms with Crippen molar-refractivity contribution in [3.05, 3.63) is 47.0 Å². The van der Waals surface area contributed by atoms with Crippen LogP contribution < -0.4 is 5.01 Å². The number of anilines is 1. The van der Waals surface area contributed by atoms with Crippen LogP contribution in [-0.4, -0.2) is 43.6 Å². The molecule has 0 radical (unpaired) electrons. The van der Waals surface area contributed by atoms with Crippen molar-refractivity contribution in [1.82, 2.24) is 0 Å². The average Bonchev–Trinajstić information content (AvgIpc) is 2.95. The summed E-state index contributed by atoms with van der Waals surface area (Å²) in [6, 6.07) is 5.91. The van der Waals surface area contributed by atoms with Crippen LogP contribution in [0.15, 0.2) is 61.5 Å². The van der Waals surface area contributed by atoms with Crippen molar-refractivity contribution >= 4 is 54.8 Å². The predicted molar refractivity (Wildman–Crippen MR) is 111 cm³/mol. The highest BCUT2D eigenvalue weighted by Gasteiger charge is 2.35. The number of nitrogens with zero attached hydrogens (tertiary/aromatic N) is 4. The second-order valence-corrected chi connectivity index (χ2v) is 9.74. The van der Waals surface area contributed by atoms with Gasteiger partial charge in [-0.15, -0.1) is 0 Å². The number of hydrogen-bond acceptors (Lipinski definition) is 8. The largest absolute Gasteiger partial charge is 0.296 e. The minimum Gasteiger partial charge on any atom is -0.282 e. The smallest absolute Gasteiger partial charge is 0.282 e. The number of hydrogen-bond donors (Lipinski definition) is 2. The first-order valence-electron chi connectivity index (χ1n) is 8.44. The number of hydrazone groups is 1. The highest BCUT2D eigenvalue weighted by Crippen LogP contribution is 2.32. The molecule has 1 aliphatic rings. The molecule has 164 valence electrons. The van der Waals surface area contributed by atoms with Crippen LogP contribution in [0.2, 0.25) is 5.02 Å². The highest BCUT2D eigenvalue weighted by molar-refractivity contribution is 7.86. The quantitative estimate of drug-likeness (QED) is 0.483. The third-order valence-corrected chi connectivity index (χ3v) is 6.43. The number of rotatable bonds is 5. The van der Waals surface area contributed by atoms with Crippen LogP contribution in [0.1, 0.15) is 12.5 Å². The third kappa shape index (κ3) is 4.80. The molecule has 1 heterocycles. The van der Waals surface area contributed by atoms with Crippen LogP contribution in [-0.2, 0) is 25.0 Å². The summed E-state index contributed by atoms with van der Waals surface area (Å²) in [7, 11) is -9.04. The summed E-state index contributed by atoms with van der Waals surface area (Å²) < 4.78 is 64.0. The first kappa shape index (κ1) is 23.0. The first-order valence-corrected chi connectivity index (χ1v) is 11.7. The van der Waals surface area contributed by atoms with E-state index in [0.29, 0.717) is 5.56 Å². The van der Waals surface area contributed by atoms with E-state index in [1.54, 1.807) is 6.92 Å². The second kappa shape index (κ2) is 8.09. The Balaban J connectivity index is 1.92. The molecule has 2 aromatic rings. The van der Waals surface area contributed by atoms with E-state index in [1.165, 1.54) is 25.1 Å². The van der Waals surface area contributed by atoms with Crippen LogP contribution in [0.25, 0.3) is 0 Å². The second-order valence-electron chi connectivity index (χ2n) is 6.52. The van der Waals surface area contributed by atoms with E-state index in [2.05, 4.69) is 15.3 Å². The first-order chi connectivity index (χ1) is 14.3. The van der Waals surface area contributed by atoms with Gasteiger partial charge in [0.15, 0.2) is 6.04 Å². The summed E-state index contributed by atoms with van der Waals surface area (Å²) in [5.41, 5.74) is 0.731. The van der Waals surface area contributed by atoms with Crippen LogP contribution >= 0.6 is 11.6 Å². The molecule has 0 aliphatic carbocycles. The van der Waals surface area contributed by atoms with Crippen molar-refractivity contribution in [3.63, 3.8) is 0 Å². The lowest BCUT2D eigenvalue weighted by atomic mass is 10.2. The number of benzene rings is 2. The monoisotopic (exact) mass is 486 g/mol. The molecule has 31 heavy (non-hydrogen) atoms. The van der Waals surface area contributed by atoms with E-state index in [4.69, 9.17) is 16.2 Å². The summed E-state index contributed by atoms with van der Waals surface area (Å²) in [5.74, 6) is -0.625. The van der Waals surface area contributed by atoms with Crippen LogP contribution in [0.5, 0.6) is 0 Å². The molecule has 14 heteroatoms. The van der Waals surface area contributed by atoms with Gasteiger partial charge in [-0.05, 0) is 55.8 Å². The van der Waals surface area contributed by atoms with E-state index < -0.39 is 37.1 Å². The Kier molecular flexibility index (Phi) is 5.99. The molecule has 1 amide bonds. The maximum absolute atomic E-state index is 12.7. The van der Waals surface area contributed by atoms with E-state index in [1.807, 2.05) is 0 Å². The lowest BCUT2D eigenvalue weighted by Crippen LogP contribution is -2.29. The number of halogens is 1. The fourth-order valence-electron chi connectivity index (χ4n) is 2.69. The summed E-state index contributed by atoms with van der Waals surface area (Å²) in [6.45, 7) is 3.10. The van der Waals surface area contributed by atoms with Gasteiger partial charge in [-0.3, -0.25) is 13.9 Å². The molecule has 2 aromatic carbocycles. The molecule has 0 aromatic heterocycles. The van der Waals surface area contributed by atoms with Gasteiger partial charge < -0.3 is 0 Å². The van der Waals surface area contributed by atoms with E-state index in [-0.39, 0.29) is 27.0 Å². The molecule has 0 saturated carbocycles. The van der Waals surface area contributed by atoms with Crippen LogP contribution in [0.4, 0.5) is 11.4 Å². The normalized spacial score (nSPS) is 17.5. The van der Waals surface area contributed by atoms with Gasteiger partial charge in [-0.2, -0.15) is 37.2 Å². The number of carbonyl (C=O) groups excluding carboxylic acids is 1. The maximum Gasteiger partial charge on any atom is 0.296 e. The van der Waals surface area contributed by atoms with Gasteiger partial charge in [0.25, 0.3) is 26.1 Å². The molecule has 2 N–H and O–H groups in total. The highest BCUT2D eigenvalue weighted by atomic mass is 35.5. The molecule has 1 aliphatic heterocycles.